The predicted molar refractivity (Wildman–Crippen MR) is 243 cm³/mol. The molecule has 5 unspecified atom stereocenters. The number of nitrogens with one attached hydrogen (secondary N) is 4. The molecule has 3 aliphatic rings. The van der Waals surface area contributed by atoms with Crippen LogP contribution in [0, 0.1) is 11.8 Å². The Morgan fingerprint density at radius 2 is 1.25 bits per heavy atom. The average Bonchev–Trinajstić information content (AvgIpc) is 4.18. The summed E-state index contributed by atoms with van der Waals surface area (Å²) in [5, 5.41) is 6.46. The average molecular weight is 882 g/mol. The van der Waals surface area contributed by atoms with Crippen LogP contribution in [-0.4, -0.2) is 97.7 Å². The van der Waals surface area contributed by atoms with E-state index in [0.29, 0.717) is 24.7 Å². The molecule has 65 heavy (non-hydrogen) atoms. The molecular weight excluding hydrogens is 827 g/mol. The maximum Gasteiger partial charge on any atom is 0.407 e. The summed E-state index contributed by atoms with van der Waals surface area (Å²) in [5.41, 5.74) is 7.43. The fourth-order valence-corrected chi connectivity index (χ4v) is 9.56. The lowest BCUT2D eigenvalue weighted by Crippen LogP contribution is -2.51. The molecule has 0 radical (unpaired) electrons. The minimum atomic E-state index is -0.720. The van der Waals surface area contributed by atoms with Gasteiger partial charge in [0.15, 0.2) is 0 Å². The van der Waals surface area contributed by atoms with Gasteiger partial charge < -0.3 is 49.2 Å². The fraction of sp³-hybridized carbons (Fsp3) is 0.388. The highest BCUT2D eigenvalue weighted by molar-refractivity contribution is 5.93. The van der Waals surface area contributed by atoms with Crippen LogP contribution in [0.2, 0.25) is 0 Å². The monoisotopic (exact) mass is 881 g/mol. The summed E-state index contributed by atoms with van der Waals surface area (Å²) in [6.07, 6.45) is 5.05. The number of carbonyl (C=O) groups is 4. The molecule has 6 heterocycles. The van der Waals surface area contributed by atoms with Gasteiger partial charge in [-0.3, -0.25) is 9.59 Å². The Hall–Kier alpha value is -7.10. The van der Waals surface area contributed by atoms with Crippen molar-refractivity contribution in [3.8, 4) is 39.5 Å². The third-order valence-corrected chi connectivity index (χ3v) is 13.0. The van der Waals surface area contributed by atoms with Gasteiger partial charge in [0, 0.05) is 40.7 Å². The molecule has 16 nitrogen and oxygen atoms in total. The van der Waals surface area contributed by atoms with Crippen LogP contribution in [-0.2, 0) is 19.1 Å². The molecule has 3 aliphatic heterocycles. The van der Waals surface area contributed by atoms with Crippen LogP contribution in [0.1, 0.15) is 88.9 Å². The molecule has 4 N–H and O–H groups in total. The maximum atomic E-state index is 13.8. The standard InChI is InChI=1S/C49H55N9O7/c1-27(2)41(54-48(61)63-5)45(59)56-20-10-14-37(56)43-50-25-34(52-43)30-17-19-36-32(22-30)23-39-33-18-16-31(24-40(33)65-47(58(36)39)29-12-8-7-9-13-29)35-26-51-44(53-35)38-15-11-21-57(38)46(60)42(28(3)4)55-49(62)64-6/h7-9,12-13,16-19,22-28,37-38,41-42,47H,10-11,14-15,20-21H2,1-6H3,(H,50,52)(H,51,53)(H,54,61)(H,55,62). The van der Waals surface area contributed by atoms with Crippen molar-refractivity contribution < 1.29 is 33.4 Å². The van der Waals surface area contributed by atoms with Crippen LogP contribution in [0.3, 0.4) is 0 Å². The number of ether oxygens (including phenoxy) is 3. The highest BCUT2D eigenvalue weighted by atomic mass is 16.5. The number of H-pyrrole nitrogens is 2. The van der Waals surface area contributed by atoms with Crippen molar-refractivity contribution in [2.24, 2.45) is 11.8 Å². The van der Waals surface area contributed by atoms with Crippen molar-refractivity contribution in [2.45, 2.75) is 83.8 Å². The van der Waals surface area contributed by atoms with E-state index in [0.717, 1.165) is 81.7 Å². The zero-order valence-electron chi connectivity index (χ0n) is 37.5. The lowest BCUT2D eigenvalue weighted by Gasteiger charge is -2.30. The van der Waals surface area contributed by atoms with E-state index in [-0.39, 0.29) is 35.7 Å². The predicted octanol–water partition coefficient (Wildman–Crippen LogP) is 8.12. The number of methoxy groups -OCH3 is 2. The first-order valence-corrected chi connectivity index (χ1v) is 22.4. The Bertz CT molecular complexity index is 2740. The number of benzene rings is 3. The zero-order valence-corrected chi connectivity index (χ0v) is 37.5. The number of alkyl carbamates (subject to hydrolysis) is 2. The van der Waals surface area contributed by atoms with E-state index >= 15 is 0 Å². The number of nitrogens with zero attached hydrogens (tertiary/aromatic N) is 5. The van der Waals surface area contributed by atoms with Gasteiger partial charge in [0.25, 0.3) is 0 Å². The number of amides is 4. The number of aromatic amines is 2. The Morgan fingerprint density at radius 1 is 0.708 bits per heavy atom. The van der Waals surface area contributed by atoms with E-state index in [2.05, 4.69) is 73.7 Å². The van der Waals surface area contributed by atoms with Crippen LogP contribution < -0.4 is 15.4 Å². The van der Waals surface area contributed by atoms with Gasteiger partial charge in [-0.05, 0) is 67.9 Å². The molecule has 0 bridgehead atoms. The van der Waals surface area contributed by atoms with Crippen LogP contribution in [0.4, 0.5) is 9.59 Å². The molecule has 338 valence electrons. The lowest BCUT2D eigenvalue weighted by molar-refractivity contribution is -0.136. The first kappa shape index (κ1) is 43.2. The number of aromatic nitrogens is 5. The molecule has 0 aliphatic carbocycles. The Morgan fingerprint density at radius 3 is 1.78 bits per heavy atom. The van der Waals surface area contributed by atoms with Crippen molar-refractivity contribution in [1.29, 1.82) is 0 Å². The molecule has 2 fully saturated rings. The van der Waals surface area contributed by atoms with Gasteiger partial charge in [0.05, 0.1) is 61.3 Å². The van der Waals surface area contributed by atoms with E-state index in [1.165, 1.54) is 14.2 Å². The molecule has 2 saturated heterocycles. The number of fused-ring (bicyclic) bond motifs is 5. The quantitative estimate of drug-likeness (QED) is 0.0997. The van der Waals surface area contributed by atoms with Gasteiger partial charge in [-0.25, -0.2) is 19.6 Å². The third-order valence-electron chi connectivity index (χ3n) is 13.0. The summed E-state index contributed by atoms with van der Waals surface area (Å²) in [6.45, 7) is 8.75. The van der Waals surface area contributed by atoms with Gasteiger partial charge in [0.2, 0.25) is 18.0 Å². The molecule has 4 amide bonds. The Balaban J connectivity index is 1.00. The maximum absolute atomic E-state index is 13.8. The first-order valence-electron chi connectivity index (χ1n) is 22.4. The summed E-state index contributed by atoms with van der Waals surface area (Å²) in [7, 11) is 2.58. The van der Waals surface area contributed by atoms with Crippen molar-refractivity contribution >= 4 is 34.9 Å². The highest BCUT2D eigenvalue weighted by Crippen LogP contribution is 2.46. The Kier molecular flexibility index (Phi) is 11.8. The number of carbonyl (C=O) groups excluding carboxylic acids is 4. The van der Waals surface area contributed by atoms with Crippen molar-refractivity contribution in [1.82, 2.24) is 44.9 Å². The van der Waals surface area contributed by atoms with E-state index in [9.17, 15) is 19.2 Å². The lowest BCUT2D eigenvalue weighted by atomic mass is 10.0. The first-order chi connectivity index (χ1) is 31.4. The van der Waals surface area contributed by atoms with Gasteiger partial charge in [-0.15, -0.1) is 0 Å². The molecule has 0 saturated carbocycles. The summed E-state index contributed by atoms with van der Waals surface area (Å²) in [6, 6.07) is 22.9. The molecule has 0 spiro atoms. The number of imidazole rings is 2. The fourth-order valence-electron chi connectivity index (χ4n) is 9.56. The minimum absolute atomic E-state index is 0.128. The smallest absolute Gasteiger partial charge is 0.407 e. The van der Waals surface area contributed by atoms with Crippen LogP contribution in [0.5, 0.6) is 5.75 Å². The topological polar surface area (TPSA) is 189 Å². The van der Waals surface area contributed by atoms with Gasteiger partial charge in [0.1, 0.15) is 29.5 Å². The molecular formula is C49H55N9O7. The normalized spacial score (nSPS) is 18.9. The van der Waals surface area contributed by atoms with Crippen molar-refractivity contribution in [3.63, 3.8) is 0 Å². The van der Waals surface area contributed by atoms with Gasteiger partial charge in [-0.1, -0.05) is 70.2 Å². The second-order valence-corrected chi connectivity index (χ2v) is 17.7. The highest BCUT2D eigenvalue weighted by Gasteiger charge is 2.39. The largest absolute Gasteiger partial charge is 0.465 e. The minimum Gasteiger partial charge on any atom is -0.465 e. The van der Waals surface area contributed by atoms with Crippen molar-refractivity contribution in [2.75, 3.05) is 27.3 Å². The number of likely N-dealkylation sites (tertiary alicyclic amines) is 2. The zero-order chi connectivity index (χ0) is 45.5. The summed E-state index contributed by atoms with van der Waals surface area (Å²) in [4.78, 5) is 72.0. The SMILES string of the molecule is COC(=O)NC(C(=O)N1CCCC1c1ncc(-c2ccc3c(c2)OC(c2ccccc2)n2c-3cc3cc(-c4cnc(C5CCCN5C(=O)C(NC(=O)OC)C(C)C)[nH]4)ccc32)[nH]1)C(C)C. The molecule has 5 atom stereocenters. The molecule has 16 heteroatoms. The van der Waals surface area contributed by atoms with Crippen molar-refractivity contribution in [3.05, 3.63) is 102 Å². The molecule has 3 aromatic heterocycles. The summed E-state index contributed by atoms with van der Waals surface area (Å²) in [5.74, 6) is 1.55. The van der Waals surface area contributed by atoms with Crippen LogP contribution in [0.15, 0.2) is 85.2 Å². The number of hydrogen-bond donors (Lipinski definition) is 4. The van der Waals surface area contributed by atoms with Gasteiger partial charge >= 0.3 is 12.2 Å². The van der Waals surface area contributed by atoms with E-state index < -0.39 is 30.5 Å². The molecule has 3 aromatic carbocycles. The van der Waals surface area contributed by atoms with Crippen LogP contribution in [0.25, 0.3) is 44.7 Å². The number of hydrogen-bond acceptors (Lipinski definition) is 9. The van der Waals surface area contributed by atoms with Crippen LogP contribution >= 0.6 is 0 Å². The van der Waals surface area contributed by atoms with E-state index in [1.54, 1.807) is 6.20 Å². The summed E-state index contributed by atoms with van der Waals surface area (Å²) >= 11 is 0. The second kappa shape index (κ2) is 17.8. The molecule has 6 aromatic rings. The second-order valence-electron chi connectivity index (χ2n) is 17.7. The summed E-state index contributed by atoms with van der Waals surface area (Å²) < 4.78 is 18.8. The third kappa shape index (κ3) is 8.17. The van der Waals surface area contributed by atoms with E-state index in [4.69, 9.17) is 24.2 Å². The van der Waals surface area contributed by atoms with E-state index in [1.807, 2.05) is 68.0 Å². The number of rotatable bonds is 11. The van der Waals surface area contributed by atoms with Gasteiger partial charge in [-0.2, -0.15) is 0 Å². The molecule has 9 rings (SSSR count). The Labute approximate surface area is 377 Å².